The lowest BCUT2D eigenvalue weighted by Gasteiger charge is -2.12. The number of carbonyl (C=O) groups is 1. The molecule has 0 saturated heterocycles. The molecular formula is C5H11NO2. The number of hydrogen-bond donors (Lipinski definition) is 2. The van der Waals surface area contributed by atoms with E-state index in [4.69, 9.17) is 10.8 Å². The first kappa shape index (κ1) is 7.59. The average Bonchev–Trinajstić information content (AvgIpc) is 1.62. The van der Waals surface area contributed by atoms with Gasteiger partial charge in [-0.3, -0.25) is 10.5 Å². The summed E-state index contributed by atoms with van der Waals surface area (Å²) in [5.41, 5.74) is 3.37. The average molecular weight is 117 g/mol. The van der Waals surface area contributed by atoms with Crippen molar-refractivity contribution in [2.75, 3.05) is 0 Å². The molecule has 0 rings (SSSR count). The summed E-state index contributed by atoms with van der Waals surface area (Å²) >= 11 is 0. The van der Waals surface area contributed by atoms with Crippen LogP contribution in [0.5, 0.6) is 0 Å². The molecule has 3 N–H and O–H groups in total. The van der Waals surface area contributed by atoms with Gasteiger partial charge in [0.1, 0.15) is 0 Å². The van der Waals surface area contributed by atoms with Gasteiger partial charge in [-0.2, -0.15) is 0 Å². The number of Topliss-reactive ketones (excluding diaryl/α,β-unsaturated/α-hetero) is 1. The highest BCUT2D eigenvalue weighted by atomic mass is 16.3. The van der Waals surface area contributed by atoms with E-state index in [1.165, 1.54) is 6.92 Å². The van der Waals surface area contributed by atoms with Crippen molar-refractivity contribution in [2.45, 2.75) is 26.0 Å². The number of aliphatic hydroxyl groups is 1. The fraction of sp³-hybridized carbons (Fsp3) is 0.800. The maximum Gasteiger partial charge on any atom is 0.178 e. The standard InChI is InChI=1S/C5H11NO2/c1-3-4(7)5(2,6)8/h8H,3,6H2,1-2H3/t5-/m0/s1. The van der Waals surface area contributed by atoms with Crippen LogP contribution in [0.2, 0.25) is 0 Å². The molecule has 0 radical (unpaired) electrons. The van der Waals surface area contributed by atoms with Gasteiger partial charge in [-0.25, -0.2) is 0 Å². The molecule has 0 aromatic carbocycles. The van der Waals surface area contributed by atoms with Gasteiger partial charge in [0.05, 0.1) is 0 Å². The van der Waals surface area contributed by atoms with Gasteiger partial charge in [0, 0.05) is 6.42 Å². The minimum atomic E-state index is -1.63. The van der Waals surface area contributed by atoms with Crippen molar-refractivity contribution < 1.29 is 9.90 Å². The predicted molar refractivity (Wildman–Crippen MR) is 30.1 cm³/mol. The Morgan fingerprint density at radius 2 is 2.25 bits per heavy atom. The van der Waals surface area contributed by atoms with Gasteiger partial charge in [0.2, 0.25) is 0 Å². The van der Waals surface area contributed by atoms with Crippen molar-refractivity contribution in [1.29, 1.82) is 0 Å². The third-order valence-corrected chi connectivity index (χ3v) is 0.886. The third kappa shape index (κ3) is 2.04. The fourth-order valence-corrected chi connectivity index (χ4v) is 0.358. The normalized spacial score (nSPS) is 17.5. The first-order chi connectivity index (χ1) is 3.48. The lowest BCUT2D eigenvalue weighted by Crippen LogP contribution is -2.44. The van der Waals surface area contributed by atoms with E-state index >= 15 is 0 Å². The smallest absolute Gasteiger partial charge is 0.178 e. The number of rotatable bonds is 2. The Morgan fingerprint density at radius 1 is 1.88 bits per heavy atom. The molecule has 0 fully saturated rings. The lowest BCUT2D eigenvalue weighted by atomic mass is 10.1. The van der Waals surface area contributed by atoms with Gasteiger partial charge >= 0.3 is 0 Å². The first-order valence-corrected chi connectivity index (χ1v) is 2.53. The highest BCUT2D eigenvalue weighted by Gasteiger charge is 2.21. The molecule has 0 aliphatic rings. The molecule has 0 heterocycles. The molecule has 0 aromatic heterocycles. The minimum Gasteiger partial charge on any atom is -0.369 e. The van der Waals surface area contributed by atoms with Crippen molar-refractivity contribution >= 4 is 5.78 Å². The molecular weight excluding hydrogens is 106 g/mol. The maximum absolute atomic E-state index is 10.5. The molecule has 0 bridgehead atoms. The molecule has 0 aliphatic carbocycles. The Balaban J connectivity index is 3.82. The number of nitrogens with two attached hydrogens (primary N) is 1. The van der Waals surface area contributed by atoms with E-state index in [2.05, 4.69) is 0 Å². The van der Waals surface area contributed by atoms with Crippen LogP contribution in [0, 0.1) is 0 Å². The Hall–Kier alpha value is -0.410. The van der Waals surface area contributed by atoms with E-state index in [9.17, 15) is 4.79 Å². The number of hydrogen-bond acceptors (Lipinski definition) is 3. The minimum absolute atomic E-state index is 0.281. The Kier molecular flexibility index (Phi) is 2.12. The zero-order chi connectivity index (χ0) is 6.78. The van der Waals surface area contributed by atoms with Crippen LogP contribution in [0.15, 0.2) is 0 Å². The van der Waals surface area contributed by atoms with Crippen molar-refractivity contribution in [1.82, 2.24) is 0 Å². The van der Waals surface area contributed by atoms with E-state index in [1.807, 2.05) is 0 Å². The third-order valence-electron chi connectivity index (χ3n) is 0.886. The van der Waals surface area contributed by atoms with Crippen LogP contribution in [-0.2, 0) is 4.79 Å². The van der Waals surface area contributed by atoms with Crippen molar-refractivity contribution in [3.05, 3.63) is 0 Å². The Morgan fingerprint density at radius 3 is 2.25 bits per heavy atom. The zero-order valence-electron chi connectivity index (χ0n) is 5.14. The first-order valence-electron chi connectivity index (χ1n) is 2.53. The second-order valence-corrected chi connectivity index (χ2v) is 1.92. The molecule has 8 heavy (non-hydrogen) atoms. The summed E-state index contributed by atoms with van der Waals surface area (Å²) in [6.45, 7) is 2.93. The van der Waals surface area contributed by atoms with Crippen LogP contribution in [0.25, 0.3) is 0 Å². The van der Waals surface area contributed by atoms with Crippen LogP contribution < -0.4 is 5.73 Å². The highest BCUT2D eigenvalue weighted by molar-refractivity contribution is 5.85. The molecule has 0 amide bonds. The summed E-state index contributed by atoms with van der Waals surface area (Å²) in [4.78, 5) is 10.5. The van der Waals surface area contributed by atoms with E-state index in [1.54, 1.807) is 6.92 Å². The van der Waals surface area contributed by atoms with Crippen molar-refractivity contribution in [3.63, 3.8) is 0 Å². The van der Waals surface area contributed by atoms with Crippen LogP contribution in [-0.4, -0.2) is 16.6 Å². The Bertz CT molecular complexity index is 93.1. The topological polar surface area (TPSA) is 63.3 Å². The number of carbonyl (C=O) groups excluding carboxylic acids is 1. The molecule has 1 atom stereocenters. The molecule has 0 aromatic rings. The van der Waals surface area contributed by atoms with E-state index in [0.29, 0.717) is 0 Å². The second-order valence-electron chi connectivity index (χ2n) is 1.92. The zero-order valence-corrected chi connectivity index (χ0v) is 5.14. The summed E-state index contributed by atoms with van der Waals surface area (Å²) < 4.78 is 0. The van der Waals surface area contributed by atoms with Gasteiger partial charge in [-0.05, 0) is 6.92 Å². The summed E-state index contributed by atoms with van der Waals surface area (Å²) in [5, 5.41) is 8.71. The summed E-state index contributed by atoms with van der Waals surface area (Å²) in [6, 6.07) is 0. The largest absolute Gasteiger partial charge is 0.369 e. The van der Waals surface area contributed by atoms with Crippen LogP contribution >= 0.6 is 0 Å². The molecule has 0 spiro atoms. The van der Waals surface area contributed by atoms with Crippen molar-refractivity contribution in [2.24, 2.45) is 5.73 Å². The molecule has 0 saturated carbocycles. The fourth-order valence-electron chi connectivity index (χ4n) is 0.358. The molecule has 48 valence electrons. The lowest BCUT2D eigenvalue weighted by molar-refractivity contribution is -0.134. The van der Waals surface area contributed by atoms with Crippen LogP contribution in [0.4, 0.5) is 0 Å². The number of ketones is 1. The van der Waals surface area contributed by atoms with Crippen LogP contribution in [0.1, 0.15) is 20.3 Å². The molecule has 3 heteroatoms. The monoisotopic (exact) mass is 117 g/mol. The second kappa shape index (κ2) is 2.24. The molecule has 0 unspecified atom stereocenters. The van der Waals surface area contributed by atoms with Gasteiger partial charge < -0.3 is 5.11 Å². The Labute approximate surface area is 48.5 Å². The summed E-state index contributed by atoms with van der Waals surface area (Å²) in [5.74, 6) is -0.336. The maximum atomic E-state index is 10.5. The van der Waals surface area contributed by atoms with Gasteiger partial charge in [-0.1, -0.05) is 6.92 Å². The SMILES string of the molecule is CCC(=O)[C@@](C)(N)O. The van der Waals surface area contributed by atoms with Gasteiger partial charge in [-0.15, -0.1) is 0 Å². The van der Waals surface area contributed by atoms with Gasteiger partial charge in [0.15, 0.2) is 11.5 Å². The van der Waals surface area contributed by atoms with Crippen molar-refractivity contribution in [3.8, 4) is 0 Å². The quantitative estimate of drug-likeness (QED) is 0.485. The van der Waals surface area contributed by atoms with E-state index < -0.39 is 5.72 Å². The van der Waals surface area contributed by atoms with E-state index in [0.717, 1.165) is 0 Å². The van der Waals surface area contributed by atoms with E-state index in [-0.39, 0.29) is 12.2 Å². The molecule has 0 aliphatic heterocycles. The van der Waals surface area contributed by atoms with Crippen LogP contribution in [0.3, 0.4) is 0 Å². The van der Waals surface area contributed by atoms with Gasteiger partial charge in [0.25, 0.3) is 0 Å². The molecule has 3 nitrogen and oxygen atoms in total. The highest BCUT2D eigenvalue weighted by Crippen LogP contribution is 1.96. The predicted octanol–water partition coefficient (Wildman–Crippen LogP) is -0.367. The summed E-state index contributed by atoms with van der Waals surface area (Å²) in [7, 11) is 0. The summed E-state index contributed by atoms with van der Waals surface area (Å²) in [6.07, 6.45) is 0.281.